The second kappa shape index (κ2) is 2.53. The van der Waals surface area contributed by atoms with Crippen LogP contribution in [0.3, 0.4) is 0 Å². The second-order valence-corrected chi connectivity index (χ2v) is 2.98. The van der Waals surface area contributed by atoms with Crippen molar-refractivity contribution in [1.29, 1.82) is 0 Å². The fourth-order valence-corrected chi connectivity index (χ4v) is 1.07. The Labute approximate surface area is 63.8 Å². The highest BCUT2D eigenvalue weighted by Crippen LogP contribution is 2.49. The number of carboxylic acid groups (broad SMARTS) is 2. The van der Waals surface area contributed by atoms with E-state index in [1.807, 2.05) is 0 Å². The molecule has 1 fully saturated rings. The Balaban J connectivity index is 2.36. The zero-order chi connectivity index (χ0) is 8.48. The SMILES string of the molecule is O=C(O)CCC1(C(=O)O)CC1. The lowest BCUT2D eigenvalue weighted by molar-refractivity contribution is -0.144. The Morgan fingerprint density at radius 3 is 2.09 bits per heavy atom. The maximum absolute atomic E-state index is 10.5. The van der Waals surface area contributed by atoms with Gasteiger partial charge in [0.05, 0.1) is 5.41 Å². The average molecular weight is 158 g/mol. The smallest absolute Gasteiger partial charge is 0.309 e. The summed E-state index contributed by atoms with van der Waals surface area (Å²) in [6, 6.07) is 0. The molecule has 0 saturated heterocycles. The Morgan fingerprint density at radius 2 is 1.82 bits per heavy atom. The van der Waals surface area contributed by atoms with Crippen LogP contribution in [0.4, 0.5) is 0 Å². The third kappa shape index (κ3) is 1.69. The van der Waals surface area contributed by atoms with E-state index in [1.165, 1.54) is 0 Å². The van der Waals surface area contributed by atoms with Crippen LogP contribution in [0.15, 0.2) is 0 Å². The van der Waals surface area contributed by atoms with Gasteiger partial charge < -0.3 is 10.2 Å². The Hall–Kier alpha value is -1.06. The number of hydrogen-bond donors (Lipinski definition) is 2. The van der Waals surface area contributed by atoms with Crippen molar-refractivity contribution in [3.05, 3.63) is 0 Å². The van der Waals surface area contributed by atoms with Gasteiger partial charge in [-0.2, -0.15) is 0 Å². The molecule has 1 aliphatic carbocycles. The number of hydrogen-bond acceptors (Lipinski definition) is 2. The highest BCUT2D eigenvalue weighted by molar-refractivity contribution is 5.78. The largest absolute Gasteiger partial charge is 0.481 e. The van der Waals surface area contributed by atoms with Gasteiger partial charge in [0.15, 0.2) is 0 Å². The van der Waals surface area contributed by atoms with Crippen molar-refractivity contribution < 1.29 is 19.8 Å². The predicted molar refractivity (Wildman–Crippen MR) is 36.2 cm³/mol. The molecule has 0 aromatic rings. The third-order valence-corrected chi connectivity index (χ3v) is 2.12. The van der Waals surface area contributed by atoms with Crippen LogP contribution in [0.2, 0.25) is 0 Å². The fraction of sp³-hybridized carbons (Fsp3) is 0.714. The maximum atomic E-state index is 10.5. The summed E-state index contributed by atoms with van der Waals surface area (Å²) in [7, 11) is 0. The van der Waals surface area contributed by atoms with Gasteiger partial charge in [-0.1, -0.05) is 0 Å². The second-order valence-electron chi connectivity index (χ2n) is 2.98. The molecule has 2 N–H and O–H groups in total. The van der Waals surface area contributed by atoms with Crippen LogP contribution >= 0.6 is 0 Å². The summed E-state index contributed by atoms with van der Waals surface area (Å²) >= 11 is 0. The molecule has 4 nitrogen and oxygen atoms in total. The molecule has 1 saturated carbocycles. The van der Waals surface area contributed by atoms with Crippen molar-refractivity contribution in [3.63, 3.8) is 0 Å². The van der Waals surface area contributed by atoms with E-state index in [-0.39, 0.29) is 12.8 Å². The van der Waals surface area contributed by atoms with Crippen LogP contribution in [0, 0.1) is 5.41 Å². The van der Waals surface area contributed by atoms with Crippen LogP contribution in [0.25, 0.3) is 0 Å². The van der Waals surface area contributed by atoms with Crippen molar-refractivity contribution in [2.75, 3.05) is 0 Å². The van der Waals surface area contributed by atoms with Gasteiger partial charge >= 0.3 is 11.9 Å². The zero-order valence-electron chi connectivity index (χ0n) is 6.04. The monoisotopic (exact) mass is 158 g/mol. The van der Waals surface area contributed by atoms with E-state index in [1.54, 1.807) is 0 Å². The molecule has 0 spiro atoms. The molecule has 0 atom stereocenters. The summed E-state index contributed by atoms with van der Waals surface area (Å²) in [4.78, 5) is 20.6. The first-order chi connectivity index (χ1) is 5.07. The molecule has 11 heavy (non-hydrogen) atoms. The molecular weight excluding hydrogens is 148 g/mol. The summed E-state index contributed by atoms with van der Waals surface area (Å²) < 4.78 is 0. The van der Waals surface area contributed by atoms with Gasteiger partial charge in [0.2, 0.25) is 0 Å². The van der Waals surface area contributed by atoms with Crippen molar-refractivity contribution in [3.8, 4) is 0 Å². The van der Waals surface area contributed by atoms with E-state index >= 15 is 0 Å². The summed E-state index contributed by atoms with van der Waals surface area (Å²) in [6.45, 7) is 0. The minimum atomic E-state index is -0.919. The van der Waals surface area contributed by atoms with Crippen LogP contribution in [-0.4, -0.2) is 22.2 Å². The molecule has 4 heteroatoms. The van der Waals surface area contributed by atoms with E-state index < -0.39 is 17.4 Å². The Morgan fingerprint density at radius 1 is 1.27 bits per heavy atom. The quantitative estimate of drug-likeness (QED) is 0.632. The van der Waals surface area contributed by atoms with Crippen LogP contribution in [0.5, 0.6) is 0 Å². The van der Waals surface area contributed by atoms with Gasteiger partial charge in [0.1, 0.15) is 0 Å². The molecule has 0 aromatic carbocycles. The highest BCUT2D eigenvalue weighted by atomic mass is 16.4. The van der Waals surface area contributed by atoms with E-state index in [2.05, 4.69) is 0 Å². The van der Waals surface area contributed by atoms with Crippen molar-refractivity contribution >= 4 is 11.9 Å². The van der Waals surface area contributed by atoms with Gasteiger partial charge in [-0.15, -0.1) is 0 Å². The average Bonchev–Trinajstić information content (AvgIpc) is 2.63. The zero-order valence-corrected chi connectivity index (χ0v) is 6.04. The van der Waals surface area contributed by atoms with Gasteiger partial charge in [-0.05, 0) is 19.3 Å². The van der Waals surface area contributed by atoms with Crippen molar-refractivity contribution in [1.82, 2.24) is 0 Å². The summed E-state index contributed by atoms with van der Waals surface area (Å²) in [5.74, 6) is -1.77. The van der Waals surface area contributed by atoms with Gasteiger partial charge in [-0.25, -0.2) is 0 Å². The number of carboxylic acids is 2. The molecule has 0 bridgehead atoms. The van der Waals surface area contributed by atoms with Crippen LogP contribution < -0.4 is 0 Å². The molecule has 0 unspecified atom stereocenters. The standard InChI is InChI=1S/C7H10O4/c8-5(9)1-2-7(3-4-7)6(10)11/h1-4H2,(H,8,9)(H,10,11). The predicted octanol–water partition coefficient (Wildman–Crippen LogP) is 0.716. The molecule has 0 aromatic heterocycles. The number of rotatable bonds is 4. The number of aliphatic carboxylic acids is 2. The summed E-state index contributed by atoms with van der Waals surface area (Å²) in [5, 5.41) is 16.9. The van der Waals surface area contributed by atoms with Crippen LogP contribution in [-0.2, 0) is 9.59 Å². The minimum Gasteiger partial charge on any atom is -0.481 e. The molecule has 0 radical (unpaired) electrons. The maximum Gasteiger partial charge on any atom is 0.309 e. The summed E-state index contributed by atoms with van der Waals surface area (Å²) in [5.41, 5.74) is -0.682. The molecule has 0 aliphatic heterocycles. The fourth-order valence-electron chi connectivity index (χ4n) is 1.07. The first-order valence-electron chi connectivity index (χ1n) is 3.52. The Kier molecular flexibility index (Phi) is 1.85. The molecule has 0 amide bonds. The lowest BCUT2D eigenvalue weighted by Gasteiger charge is -2.05. The van der Waals surface area contributed by atoms with Crippen LogP contribution in [0.1, 0.15) is 25.7 Å². The highest BCUT2D eigenvalue weighted by Gasteiger charge is 2.49. The first-order valence-corrected chi connectivity index (χ1v) is 3.52. The molecule has 62 valence electrons. The van der Waals surface area contributed by atoms with E-state index in [4.69, 9.17) is 10.2 Å². The summed E-state index contributed by atoms with van der Waals surface area (Å²) in [6.07, 6.45) is 1.51. The molecular formula is C7H10O4. The lowest BCUT2D eigenvalue weighted by atomic mass is 10.0. The number of carbonyl (C=O) groups is 2. The molecule has 1 rings (SSSR count). The lowest BCUT2D eigenvalue weighted by Crippen LogP contribution is -2.15. The minimum absolute atomic E-state index is 0.0354. The normalized spacial score (nSPS) is 19.3. The Bertz CT molecular complexity index is 193. The van der Waals surface area contributed by atoms with E-state index in [0.717, 1.165) is 0 Å². The van der Waals surface area contributed by atoms with E-state index in [0.29, 0.717) is 12.8 Å². The third-order valence-electron chi connectivity index (χ3n) is 2.12. The molecule has 0 heterocycles. The van der Waals surface area contributed by atoms with Gasteiger partial charge in [-0.3, -0.25) is 9.59 Å². The van der Waals surface area contributed by atoms with Gasteiger partial charge in [0, 0.05) is 6.42 Å². The first kappa shape index (κ1) is 8.04. The van der Waals surface area contributed by atoms with Crippen molar-refractivity contribution in [2.45, 2.75) is 25.7 Å². The van der Waals surface area contributed by atoms with Gasteiger partial charge in [0.25, 0.3) is 0 Å². The topological polar surface area (TPSA) is 74.6 Å². The van der Waals surface area contributed by atoms with Crippen molar-refractivity contribution in [2.24, 2.45) is 5.41 Å². The molecule has 1 aliphatic rings. The van der Waals surface area contributed by atoms with E-state index in [9.17, 15) is 9.59 Å².